The molecular formula is C19H20ClN3O4. The second-order valence-corrected chi connectivity index (χ2v) is 6.31. The van der Waals surface area contributed by atoms with E-state index in [0.29, 0.717) is 35.4 Å². The van der Waals surface area contributed by atoms with Gasteiger partial charge in [0, 0.05) is 18.1 Å². The fourth-order valence-corrected chi connectivity index (χ4v) is 2.97. The molecule has 27 heavy (non-hydrogen) atoms. The predicted octanol–water partition coefficient (Wildman–Crippen LogP) is 2.76. The highest BCUT2D eigenvalue weighted by Gasteiger charge is 2.20. The van der Waals surface area contributed by atoms with Gasteiger partial charge in [-0.05, 0) is 30.3 Å². The Morgan fingerprint density at radius 2 is 1.70 bits per heavy atom. The van der Waals surface area contributed by atoms with Crippen LogP contribution in [0.1, 0.15) is 0 Å². The van der Waals surface area contributed by atoms with Crippen molar-refractivity contribution >= 4 is 40.5 Å². The minimum atomic E-state index is -0.813. The van der Waals surface area contributed by atoms with Gasteiger partial charge in [-0.25, -0.2) is 0 Å². The molecule has 2 N–H and O–H groups in total. The molecule has 0 radical (unpaired) electrons. The highest BCUT2D eigenvalue weighted by molar-refractivity contribution is 6.44. The number of halogens is 1. The molecule has 1 aliphatic heterocycles. The van der Waals surface area contributed by atoms with Crippen LogP contribution < -0.4 is 20.3 Å². The van der Waals surface area contributed by atoms with E-state index in [4.69, 9.17) is 21.1 Å². The first-order valence-corrected chi connectivity index (χ1v) is 8.84. The minimum absolute atomic E-state index is 0.326. The van der Waals surface area contributed by atoms with E-state index in [-0.39, 0.29) is 0 Å². The summed E-state index contributed by atoms with van der Waals surface area (Å²) in [5.74, 6) is -1.18. The molecule has 8 heteroatoms. The lowest BCUT2D eigenvalue weighted by molar-refractivity contribution is -0.133. The van der Waals surface area contributed by atoms with Gasteiger partial charge in [0.05, 0.1) is 37.4 Å². The Labute approximate surface area is 162 Å². The number of ether oxygens (including phenoxy) is 2. The van der Waals surface area contributed by atoms with Crippen molar-refractivity contribution in [3.8, 4) is 5.75 Å². The molecule has 0 aliphatic carbocycles. The Hall–Kier alpha value is -2.77. The zero-order valence-corrected chi connectivity index (χ0v) is 15.6. The standard InChI is InChI=1S/C19H20ClN3O4/c1-26-17-7-6-13(20)12-15(17)22-19(25)18(24)21-14-4-2-3-5-16(14)23-8-10-27-11-9-23/h2-7,12H,8-11H2,1H3,(H,21,24)(H,22,25). The summed E-state index contributed by atoms with van der Waals surface area (Å²) >= 11 is 5.95. The number of anilines is 3. The minimum Gasteiger partial charge on any atom is -0.495 e. The summed E-state index contributed by atoms with van der Waals surface area (Å²) in [5.41, 5.74) is 1.74. The number of carbonyl (C=O) groups excluding carboxylic acids is 2. The summed E-state index contributed by atoms with van der Waals surface area (Å²) < 4.78 is 10.5. The molecule has 0 unspecified atom stereocenters. The predicted molar refractivity (Wildman–Crippen MR) is 105 cm³/mol. The number of carbonyl (C=O) groups is 2. The molecule has 0 aromatic heterocycles. The van der Waals surface area contributed by atoms with Crippen LogP contribution in [0.25, 0.3) is 0 Å². The van der Waals surface area contributed by atoms with Gasteiger partial charge in [-0.15, -0.1) is 0 Å². The Bertz CT molecular complexity index is 837. The molecule has 1 aliphatic rings. The number of hydrogen-bond donors (Lipinski definition) is 2. The number of para-hydroxylation sites is 2. The fourth-order valence-electron chi connectivity index (χ4n) is 2.80. The van der Waals surface area contributed by atoms with Crippen molar-refractivity contribution in [2.45, 2.75) is 0 Å². The maximum absolute atomic E-state index is 12.4. The summed E-state index contributed by atoms with van der Waals surface area (Å²) in [6, 6.07) is 12.1. The van der Waals surface area contributed by atoms with Crippen molar-refractivity contribution < 1.29 is 19.1 Å². The van der Waals surface area contributed by atoms with Crippen LogP contribution >= 0.6 is 11.6 Å². The molecule has 0 atom stereocenters. The SMILES string of the molecule is COc1ccc(Cl)cc1NC(=O)C(=O)Nc1ccccc1N1CCOCC1. The molecule has 0 spiro atoms. The monoisotopic (exact) mass is 389 g/mol. The quantitative estimate of drug-likeness (QED) is 0.786. The Morgan fingerprint density at radius 1 is 1.04 bits per heavy atom. The summed E-state index contributed by atoms with van der Waals surface area (Å²) in [7, 11) is 1.47. The van der Waals surface area contributed by atoms with Crippen LogP contribution in [0.2, 0.25) is 5.02 Å². The van der Waals surface area contributed by atoms with Crippen LogP contribution in [0.5, 0.6) is 5.75 Å². The van der Waals surface area contributed by atoms with E-state index in [1.54, 1.807) is 24.3 Å². The van der Waals surface area contributed by atoms with Crippen molar-refractivity contribution in [1.82, 2.24) is 0 Å². The van der Waals surface area contributed by atoms with Gasteiger partial charge in [-0.2, -0.15) is 0 Å². The number of nitrogens with zero attached hydrogens (tertiary/aromatic N) is 1. The Kier molecular flexibility index (Phi) is 6.16. The number of hydrogen-bond acceptors (Lipinski definition) is 5. The van der Waals surface area contributed by atoms with Crippen LogP contribution in [0.15, 0.2) is 42.5 Å². The molecule has 1 saturated heterocycles. The molecule has 1 fully saturated rings. The van der Waals surface area contributed by atoms with E-state index in [1.807, 2.05) is 12.1 Å². The largest absolute Gasteiger partial charge is 0.495 e. The average molecular weight is 390 g/mol. The molecule has 7 nitrogen and oxygen atoms in total. The topological polar surface area (TPSA) is 79.9 Å². The first-order valence-electron chi connectivity index (χ1n) is 8.46. The second kappa shape index (κ2) is 8.75. The van der Waals surface area contributed by atoms with Crippen LogP contribution in [0, 0.1) is 0 Å². The molecule has 0 saturated carbocycles. The molecule has 2 amide bonds. The van der Waals surface area contributed by atoms with Gasteiger partial charge < -0.3 is 25.0 Å². The van der Waals surface area contributed by atoms with Crippen molar-refractivity contribution in [3.05, 3.63) is 47.5 Å². The van der Waals surface area contributed by atoms with Gasteiger partial charge in [0.15, 0.2) is 0 Å². The highest BCUT2D eigenvalue weighted by atomic mass is 35.5. The lowest BCUT2D eigenvalue weighted by Crippen LogP contribution is -2.37. The van der Waals surface area contributed by atoms with Gasteiger partial charge in [0.1, 0.15) is 5.75 Å². The van der Waals surface area contributed by atoms with Crippen LogP contribution in [-0.4, -0.2) is 45.2 Å². The number of amides is 2. The number of benzene rings is 2. The third kappa shape index (κ3) is 4.69. The maximum atomic E-state index is 12.4. The first kappa shape index (κ1) is 19.0. The Morgan fingerprint density at radius 3 is 2.41 bits per heavy atom. The number of morpholine rings is 1. The highest BCUT2D eigenvalue weighted by Crippen LogP contribution is 2.28. The van der Waals surface area contributed by atoms with Crippen LogP contribution in [0.3, 0.4) is 0 Å². The molecule has 3 rings (SSSR count). The zero-order chi connectivity index (χ0) is 19.2. The van der Waals surface area contributed by atoms with E-state index in [9.17, 15) is 9.59 Å². The third-order valence-electron chi connectivity index (χ3n) is 4.12. The molecule has 142 valence electrons. The number of rotatable bonds is 4. The van der Waals surface area contributed by atoms with Crippen molar-refractivity contribution in [1.29, 1.82) is 0 Å². The van der Waals surface area contributed by atoms with Crippen molar-refractivity contribution in [3.63, 3.8) is 0 Å². The van der Waals surface area contributed by atoms with Gasteiger partial charge in [0.2, 0.25) is 0 Å². The second-order valence-electron chi connectivity index (χ2n) is 5.87. The lowest BCUT2D eigenvalue weighted by Gasteiger charge is -2.30. The van der Waals surface area contributed by atoms with Gasteiger partial charge in [-0.1, -0.05) is 23.7 Å². The molecule has 2 aromatic carbocycles. The molecule has 1 heterocycles. The van der Waals surface area contributed by atoms with Crippen molar-refractivity contribution in [2.24, 2.45) is 0 Å². The normalized spacial score (nSPS) is 13.8. The molecule has 2 aromatic rings. The average Bonchev–Trinajstić information content (AvgIpc) is 2.69. The first-order chi connectivity index (χ1) is 13.1. The van der Waals surface area contributed by atoms with Crippen molar-refractivity contribution in [2.75, 3.05) is 48.9 Å². The van der Waals surface area contributed by atoms with Gasteiger partial charge in [-0.3, -0.25) is 9.59 Å². The lowest BCUT2D eigenvalue weighted by atomic mass is 10.2. The van der Waals surface area contributed by atoms with E-state index in [0.717, 1.165) is 18.8 Å². The van der Waals surface area contributed by atoms with E-state index < -0.39 is 11.8 Å². The van der Waals surface area contributed by atoms with E-state index >= 15 is 0 Å². The number of nitrogens with one attached hydrogen (secondary N) is 2. The van der Waals surface area contributed by atoms with E-state index in [2.05, 4.69) is 15.5 Å². The zero-order valence-electron chi connectivity index (χ0n) is 14.8. The summed E-state index contributed by atoms with van der Waals surface area (Å²) in [6.45, 7) is 2.69. The summed E-state index contributed by atoms with van der Waals surface area (Å²) in [4.78, 5) is 26.8. The smallest absolute Gasteiger partial charge is 0.314 e. The summed E-state index contributed by atoms with van der Waals surface area (Å²) in [5, 5.41) is 5.62. The maximum Gasteiger partial charge on any atom is 0.314 e. The Balaban J connectivity index is 1.72. The third-order valence-corrected chi connectivity index (χ3v) is 4.36. The van der Waals surface area contributed by atoms with Gasteiger partial charge >= 0.3 is 11.8 Å². The van der Waals surface area contributed by atoms with Gasteiger partial charge in [0.25, 0.3) is 0 Å². The van der Waals surface area contributed by atoms with Crippen LogP contribution in [0.4, 0.5) is 17.1 Å². The van der Waals surface area contributed by atoms with E-state index in [1.165, 1.54) is 13.2 Å². The fraction of sp³-hybridized carbons (Fsp3) is 0.263. The molecular weight excluding hydrogens is 370 g/mol. The van der Waals surface area contributed by atoms with Crippen LogP contribution in [-0.2, 0) is 14.3 Å². The number of methoxy groups -OCH3 is 1. The molecule has 0 bridgehead atoms. The summed E-state index contributed by atoms with van der Waals surface area (Å²) in [6.07, 6.45) is 0.